The van der Waals surface area contributed by atoms with Gasteiger partial charge in [0.15, 0.2) is 0 Å². The number of rotatable bonds is 0. The molecule has 0 heterocycles. The summed E-state index contributed by atoms with van der Waals surface area (Å²) in [6, 6.07) is 0. The second-order valence-electron chi connectivity index (χ2n) is 1.50. The number of hydrogen-bond donors (Lipinski definition) is 3. The van der Waals surface area contributed by atoms with Crippen LogP contribution < -0.4 is 415 Å². The molecular formula is H15B5Na12O21. The average Bonchev–Trinajstić information content (AvgIpc) is 1.94. The molecule has 21 nitrogen and oxygen atoms in total. The molecule has 168 valence electrons. The van der Waals surface area contributed by atoms with E-state index in [-0.39, 0.29) is 388 Å². The molecule has 0 saturated heterocycles. The number of hydrogen-bond acceptors (Lipinski definition) is 15. The van der Waals surface area contributed by atoms with Crippen LogP contribution in [0.3, 0.4) is 0 Å². The van der Waals surface area contributed by atoms with Crippen LogP contribution in [0.5, 0.6) is 0 Å². The fraction of sp³-hybridized carbons (Fsp3) is 0. The van der Waals surface area contributed by atoms with Crippen LogP contribution in [-0.4, -0.2) is 84.5 Å². The molecule has 0 aromatic rings. The summed E-state index contributed by atoms with van der Waals surface area (Å²) in [4.78, 5) is 0. The molecule has 0 aliphatic heterocycles. The zero-order valence-corrected chi connectivity index (χ0v) is 48.1. The molecule has 0 aliphatic rings. The second-order valence-corrected chi connectivity index (χ2v) is 1.50. The van der Waals surface area contributed by atoms with E-state index in [2.05, 4.69) is 0 Å². The monoisotopic (exact) mass is 682 g/mol. The van der Waals surface area contributed by atoms with Crippen LogP contribution in [0, 0.1) is 0 Å². The van der Waals surface area contributed by atoms with Gasteiger partial charge in [-0.1, -0.05) is 0 Å². The molecule has 15 N–H and O–H groups in total. The van der Waals surface area contributed by atoms with Crippen molar-refractivity contribution in [1.29, 1.82) is 0 Å². The van der Waals surface area contributed by atoms with Crippen molar-refractivity contribution in [3.8, 4) is 0 Å². The molecule has 0 saturated carbocycles. The van der Waals surface area contributed by atoms with E-state index in [0.29, 0.717) is 0 Å². The maximum Gasteiger partial charge on any atom is 1.00 e. The fourth-order valence-corrected chi connectivity index (χ4v) is 0. The Hall–Kier alpha value is 11.5. The summed E-state index contributed by atoms with van der Waals surface area (Å²) in [5.41, 5.74) is 0. The van der Waals surface area contributed by atoms with Crippen LogP contribution in [0.1, 0.15) is 0 Å². The van der Waals surface area contributed by atoms with Gasteiger partial charge in [0.05, 0.1) is 0 Å². The van der Waals surface area contributed by atoms with Crippen LogP contribution in [0.2, 0.25) is 0 Å². The third-order valence-electron chi connectivity index (χ3n) is 0. The molecule has 0 aliphatic carbocycles. The Morgan fingerprint density at radius 1 is 0.237 bits per heavy atom. The molecule has 0 amide bonds. The van der Waals surface area contributed by atoms with E-state index in [1.165, 1.54) is 0 Å². The van der Waals surface area contributed by atoms with E-state index in [1.54, 1.807) is 0 Å². The van der Waals surface area contributed by atoms with Crippen molar-refractivity contribution < 1.29 is 463 Å². The summed E-state index contributed by atoms with van der Waals surface area (Å²) in [6.45, 7) is 0. The molecule has 0 bridgehead atoms. The zero-order valence-electron chi connectivity index (χ0n) is 24.1. The van der Waals surface area contributed by atoms with E-state index in [0.717, 1.165) is 0 Å². The van der Waals surface area contributed by atoms with E-state index in [4.69, 9.17) is 75.4 Å². The third-order valence-corrected chi connectivity index (χ3v) is 0. The summed E-state index contributed by atoms with van der Waals surface area (Å²) in [5, 5.41) is 123. The molecule has 0 aromatic carbocycles. The minimum atomic E-state index is -2.92. The minimum absolute atomic E-state index is 0. The first kappa shape index (κ1) is 166. The third kappa shape index (κ3) is 778. The first-order valence-corrected chi connectivity index (χ1v) is 3.60. The second kappa shape index (κ2) is 156. The van der Waals surface area contributed by atoms with E-state index in [9.17, 15) is 0 Å². The molecule has 0 radical (unpaired) electrons. The summed E-state index contributed by atoms with van der Waals surface area (Å²) in [7, 11) is -13.8. The molecule has 0 atom stereocenters. The van der Waals surface area contributed by atoms with Crippen LogP contribution in [0.15, 0.2) is 0 Å². The van der Waals surface area contributed by atoms with Crippen molar-refractivity contribution in [1.82, 2.24) is 0 Å². The van der Waals surface area contributed by atoms with Gasteiger partial charge in [-0.3, -0.25) is 29.3 Å². The summed E-state index contributed by atoms with van der Waals surface area (Å²) >= 11 is 0. The van der Waals surface area contributed by atoms with Crippen molar-refractivity contribution in [3.05, 3.63) is 0 Å². The summed E-state index contributed by atoms with van der Waals surface area (Å²) in [5.74, 6) is 0. The van der Waals surface area contributed by atoms with Crippen LogP contribution >= 0.6 is 0 Å². The fourth-order valence-electron chi connectivity index (χ4n) is 0. The van der Waals surface area contributed by atoms with Gasteiger partial charge in [0.2, 0.25) is 0 Å². The molecular weight excluding hydrogens is 666 g/mol. The standard InChI is InChI=1S/BH3O3.4BO3.12Na.6H2O/c5*2-1(3)4;;;;;;;;;;;;;;;;;;/h2-4H;;;;;;;;;;;;;;;;;6*1H2/q;4*-3;12*+1;;;;;;. The molecule has 0 aromatic heterocycles. The maximum absolute atomic E-state index is 8.42. The topological polar surface area (TPSA) is 526 Å². The Kier molecular flexibility index (Phi) is 680. The molecule has 0 unspecified atom stereocenters. The van der Waals surface area contributed by atoms with Crippen LogP contribution in [-0.2, 0) is 0 Å². The van der Waals surface area contributed by atoms with E-state index in [1.807, 2.05) is 0 Å². The van der Waals surface area contributed by atoms with Crippen molar-refractivity contribution >= 4 is 36.6 Å². The molecule has 0 spiro atoms. The van der Waals surface area contributed by atoms with Crippen molar-refractivity contribution in [3.63, 3.8) is 0 Å². The van der Waals surface area contributed by atoms with Crippen molar-refractivity contribution in [2.24, 2.45) is 0 Å². The maximum atomic E-state index is 8.42. The summed E-state index contributed by atoms with van der Waals surface area (Å²) in [6.07, 6.45) is 0. The molecule has 0 fully saturated rings. The predicted octanol–water partition coefficient (Wildman–Crippen LogP) is -58.7. The first-order valence-electron chi connectivity index (χ1n) is 3.60. The Bertz CT molecular complexity index is 111. The normalized spacial score (nSPS) is 3.55. The van der Waals surface area contributed by atoms with Crippen LogP contribution in [0.4, 0.5) is 0 Å². The minimum Gasteiger partial charge on any atom is -0.907 e. The van der Waals surface area contributed by atoms with Gasteiger partial charge in [-0.05, 0) is 0 Å². The van der Waals surface area contributed by atoms with Gasteiger partial charge < -0.3 is 108 Å². The van der Waals surface area contributed by atoms with E-state index < -0.39 is 36.6 Å². The van der Waals surface area contributed by atoms with Crippen molar-refractivity contribution in [2.45, 2.75) is 0 Å². The van der Waals surface area contributed by atoms with Gasteiger partial charge in [0, 0.05) is 0 Å². The zero-order chi connectivity index (χ0) is 17.9. The SMILES string of the molecule is O.O.O.O.O.O.OB(O)O.[Na+].[Na+].[Na+].[Na+].[Na+].[Na+].[Na+].[Na+].[Na+].[Na+].[Na+].[Na+].[O-]B([O-])[O-].[O-]B([O-])[O-].[O-]B([O-])[O-].[O-]B([O-])[O-]. The quantitative estimate of drug-likeness (QED) is 0.200. The van der Waals surface area contributed by atoms with Crippen molar-refractivity contribution in [2.75, 3.05) is 0 Å². The molecule has 0 rings (SSSR count). The molecule has 38 heavy (non-hydrogen) atoms. The van der Waals surface area contributed by atoms with Gasteiger partial charge in [-0.2, -0.15) is 0 Å². The first-order chi connectivity index (χ1) is 8.66. The molecule has 38 heteroatoms. The van der Waals surface area contributed by atoms with Gasteiger partial charge in [-0.25, -0.2) is 0 Å². The Morgan fingerprint density at radius 3 is 0.237 bits per heavy atom. The summed E-state index contributed by atoms with van der Waals surface area (Å²) < 4.78 is 0. The predicted molar refractivity (Wildman–Crippen MR) is 57.1 cm³/mol. The van der Waals surface area contributed by atoms with Gasteiger partial charge >= 0.3 is 362 Å². The van der Waals surface area contributed by atoms with Gasteiger partial charge in [0.25, 0.3) is 0 Å². The Morgan fingerprint density at radius 2 is 0.237 bits per heavy atom. The van der Waals surface area contributed by atoms with Crippen LogP contribution in [0.25, 0.3) is 0 Å². The average molecular weight is 681 g/mol. The van der Waals surface area contributed by atoms with Gasteiger partial charge in [0.1, 0.15) is 0 Å². The van der Waals surface area contributed by atoms with E-state index >= 15 is 0 Å². The Labute approximate surface area is 487 Å². The Balaban J connectivity index is -0.00000000315. The van der Waals surface area contributed by atoms with Gasteiger partial charge in [-0.15, -0.1) is 0 Å². The largest absolute Gasteiger partial charge is 1.00 e. The smallest absolute Gasteiger partial charge is 0.907 e.